The lowest BCUT2D eigenvalue weighted by Gasteiger charge is -2.10. The van der Waals surface area contributed by atoms with E-state index in [0.29, 0.717) is 17.6 Å². The number of pyridine rings is 1. The molecule has 9 heteroatoms. The maximum absolute atomic E-state index is 14.2. The summed E-state index contributed by atoms with van der Waals surface area (Å²) in [5.41, 5.74) is -0.0396. The number of carbonyl (C=O) groups excluding carboxylic acids is 1. The maximum Gasteiger partial charge on any atom is 0.267 e. The van der Waals surface area contributed by atoms with Gasteiger partial charge in [0.15, 0.2) is 11.6 Å². The number of hydrogen-bond donors (Lipinski definition) is 1. The van der Waals surface area contributed by atoms with E-state index in [4.69, 9.17) is 4.74 Å². The molecule has 0 radical (unpaired) electrons. The molecule has 1 N–H and O–H groups in total. The summed E-state index contributed by atoms with van der Waals surface area (Å²) in [6.07, 6.45) is 2.35. The molecule has 3 aromatic rings. The molecule has 1 heterocycles. The standard InChI is InChI=1S/C17H12F2N2O4S/c1-26(23,24)21-17(22)12-8-14(19)16(9-13(12)18)25-11-4-5-15-10(7-11)3-2-6-20-15/h2-9H,1H3,(H,21,22). The molecule has 1 aromatic heterocycles. The average Bonchev–Trinajstić information content (AvgIpc) is 2.56. The highest BCUT2D eigenvalue weighted by Gasteiger charge is 2.19. The normalized spacial score (nSPS) is 11.3. The Bertz CT molecular complexity index is 1120. The van der Waals surface area contributed by atoms with Gasteiger partial charge in [0, 0.05) is 17.6 Å². The van der Waals surface area contributed by atoms with Crippen molar-refractivity contribution < 1.29 is 26.7 Å². The van der Waals surface area contributed by atoms with Gasteiger partial charge in [-0.25, -0.2) is 21.9 Å². The van der Waals surface area contributed by atoms with Gasteiger partial charge in [0.2, 0.25) is 10.0 Å². The maximum atomic E-state index is 14.2. The first-order valence-corrected chi connectivity index (χ1v) is 9.16. The Kier molecular flexibility index (Phi) is 4.56. The Morgan fingerprint density at radius 1 is 1.12 bits per heavy atom. The fraction of sp³-hybridized carbons (Fsp3) is 0.0588. The van der Waals surface area contributed by atoms with Crippen molar-refractivity contribution in [3.05, 3.63) is 65.9 Å². The van der Waals surface area contributed by atoms with Crippen molar-refractivity contribution in [1.29, 1.82) is 0 Å². The van der Waals surface area contributed by atoms with E-state index in [0.717, 1.165) is 11.6 Å². The van der Waals surface area contributed by atoms with Gasteiger partial charge in [-0.15, -0.1) is 0 Å². The second kappa shape index (κ2) is 6.68. The minimum atomic E-state index is -3.91. The van der Waals surface area contributed by atoms with Crippen molar-refractivity contribution in [2.24, 2.45) is 0 Å². The molecule has 26 heavy (non-hydrogen) atoms. The molecule has 0 aliphatic heterocycles. The Balaban J connectivity index is 1.91. The predicted octanol–water partition coefficient (Wildman–Crippen LogP) is 2.99. The van der Waals surface area contributed by atoms with Crippen LogP contribution >= 0.6 is 0 Å². The van der Waals surface area contributed by atoms with Crippen molar-refractivity contribution in [3.63, 3.8) is 0 Å². The summed E-state index contributed by atoms with van der Waals surface area (Å²) in [6.45, 7) is 0. The Hall–Kier alpha value is -3.07. The summed E-state index contributed by atoms with van der Waals surface area (Å²) in [4.78, 5) is 15.8. The fourth-order valence-electron chi connectivity index (χ4n) is 2.25. The number of halogens is 2. The lowest BCUT2D eigenvalue weighted by molar-refractivity contribution is 0.0977. The number of nitrogens with zero attached hydrogens (tertiary/aromatic N) is 1. The molecule has 1 amide bonds. The number of sulfonamides is 1. The third kappa shape index (κ3) is 3.94. The number of hydrogen-bond acceptors (Lipinski definition) is 5. The first-order valence-electron chi connectivity index (χ1n) is 7.27. The molecule has 3 rings (SSSR count). The van der Waals surface area contributed by atoms with Gasteiger partial charge in [0.25, 0.3) is 5.91 Å². The molecule has 0 fully saturated rings. The van der Waals surface area contributed by atoms with Crippen LogP contribution in [-0.4, -0.2) is 25.6 Å². The summed E-state index contributed by atoms with van der Waals surface area (Å²) >= 11 is 0. The average molecular weight is 378 g/mol. The van der Waals surface area contributed by atoms with Gasteiger partial charge in [-0.2, -0.15) is 0 Å². The lowest BCUT2D eigenvalue weighted by Crippen LogP contribution is -2.30. The van der Waals surface area contributed by atoms with Gasteiger partial charge in [-0.05, 0) is 30.3 Å². The van der Waals surface area contributed by atoms with Gasteiger partial charge >= 0.3 is 0 Å². The van der Waals surface area contributed by atoms with Crippen LogP contribution in [-0.2, 0) is 10.0 Å². The monoisotopic (exact) mass is 378 g/mol. The second-order valence-corrected chi connectivity index (χ2v) is 7.17. The van der Waals surface area contributed by atoms with Gasteiger partial charge in [0.1, 0.15) is 11.6 Å². The van der Waals surface area contributed by atoms with Crippen molar-refractivity contribution in [2.45, 2.75) is 0 Å². The van der Waals surface area contributed by atoms with Crippen LogP contribution in [0.3, 0.4) is 0 Å². The van der Waals surface area contributed by atoms with Crippen LogP contribution in [0.4, 0.5) is 8.78 Å². The van der Waals surface area contributed by atoms with Crippen molar-refractivity contribution in [2.75, 3.05) is 6.26 Å². The molecule has 134 valence electrons. The molecule has 0 atom stereocenters. The van der Waals surface area contributed by atoms with Gasteiger partial charge in [0.05, 0.1) is 17.3 Å². The van der Waals surface area contributed by atoms with E-state index < -0.39 is 38.9 Å². The third-order valence-corrected chi connectivity index (χ3v) is 3.90. The molecule has 0 aliphatic carbocycles. The topological polar surface area (TPSA) is 85.4 Å². The van der Waals surface area contributed by atoms with E-state index >= 15 is 0 Å². The van der Waals surface area contributed by atoms with Crippen LogP contribution in [0.15, 0.2) is 48.7 Å². The van der Waals surface area contributed by atoms with Crippen molar-refractivity contribution >= 4 is 26.8 Å². The van der Waals surface area contributed by atoms with Crippen LogP contribution in [0.25, 0.3) is 10.9 Å². The number of aromatic nitrogens is 1. The van der Waals surface area contributed by atoms with E-state index in [1.54, 1.807) is 35.2 Å². The molecule has 0 aliphatic rings. The first kappa shape index (κ1) is 17.7. The zero-order valence-corrected chi connectivity index (χ0v) is 14.2. The van der Waals surface area contributed by atoms with Gasteiger partial charge in [-0.1, -0.05) is 6.07 Å². The lowest BCUT2D eigenvalue weighted by atomic mass is 10.2. The Morgan fingerprint density at radius 2 is 1.88 bits per heavy atom. The highest BCUT2D eigenvalue weighted by Crippen LogP contribution is 2.29. The molecule has 6 nitrogen and oxygen atoms in total. The summed E-state index contributed by atoms with van der Waals surface area (Å²) in [5, 5.41) is 0.745. The SMILES string of the molecule is CS(=O)(=O)NC(=O)c1cc(F)c(Oc2ccc3ncccc3c2)cc1F. The predicted molar refractivity (Wildman–Crippen MR) is 90.5 cm³/mol. The van der Waals surface area contributed by atoms with E-state index in [1.165, 1.54) is 6.07 Å². The number of amides is 1. The molecule has 0 unspecified atom stereocenters. The highest BCUT2D eigenvalue weighted by molar-refractivity contribution is 7.89. The molecular formula is C17H12F2N2O4S. The summed E-state index contributed by atoms with van der Waals surface area (Å²) in [5.74, 6) is -3.60. The summed E-state index contributed by atoms with van der Waals surface area (Å²) in [7, 11) is -3.91. The van der Waals surface area contributed by atoms with E-state index in [1.807, 2.05) is 0 Å². The Morgan fingerprint density at radius 3 is 2.62 bits per heavy atom. The molecule has 0 bridgehead atoms. The number of carbonyl (C=O) groups is 1. The van der Waals surface area contributed by atoms with Crippen LogP contribution in [0.2, 0.25) is 0 Å². The first-order chi connectivity index (χ1) is 12.2. The van der Waals surface area contributed by atoms with Crippen LogP contribution in [0, 0.1) is 11.6 Å². The van der Waals surface area contributed by atoms with Crippen LogP contribution < -0.4 is 9.46 Å². The number of ether oxygens (including phenoxy) is 1. The van der Waals surface area contributed by atoms with E-state index in [9.17, 15) is 22.0 Å². The minimum Gasteiger partial charge on any atom is -0.454 e. The quantitative estimate of drug-likeness (QED) is 0.754. The van der Waals surface area contributed by atoms with Gasteiger partial charge in [-0.3, -0.25) is 9.78 Å². The molecule has 0 saturated carbocycles. The zero-order valence-electron chi connectivity index (χ0n) is 13.4. The minimum absolute atomic E-state index is 0.247. The van der Waals surface area contributed by atoms with E-state index in [-0.39, 0.29) is 5.75 Å². The summed E-state index contributed by atoms with van der Waals surface area (Å²) < 4.78 is 57.3. The van der Waals surface area contributed by atoms with Crippen molar-refractivity contribution in [1.82, 2.24) is 9.71 Å². The van der Waals surface area contributed by atoms with E-state index in [2.05, 4.69) is 4.98 Å². The molecule has 2 aromatic carbocycles. The van der Waals surface area contributed by atoms with Crippen LogP contribution in [0.5, 0.6) is 11.5 Å². The van der Waals surface area contributed by atoms with Crippen molar-refractivity contribution in [3.8, 4) is 11.5 Å². The number of nitrogens with one attached hydrogen (secondary N) is 1. The summed E-state index contributed by atoms with van der Waals surface area (Å²) in [6, 6.07) is 9.56. The zero-order chi connectivity index (χ0) is 18.9. The van der Waals surface area contributed by atoms with Gasteiger partial charge < -0.3 is 4.74 Å². The van der Waals surface area contributed by atoms with Crippen LogP contribution in [0.1, 0.15) is 10.4 Å². The Labute approximate surface area is 147 Å². The number of benzene rings is 2. The number of fused-ring (bicyclic) bond motifs is 1. The molecular weight excluding hydrogens is 366 g/mol. The smallest absolute Gasteiger partial charge is 0.267 e. The number of rotatable bonds is 4. The molecule has 0 saturated heterocycles. The highest BCUT2D eigenvalue weighted by atomic mass is 32.2. The largest absolute Gasteiger partial charge is 0.454 e. The second-order valence-electron chi connectivity index (χ2n) is 5.43. The molecule has 0 spiro atoms. The fourth-order valence-corrected chi connectivity index (χ4v) is 2.70. The third-order valence-electron chi connectivity index (χ3n) is 3.35.